The van der Waals surface area contributed by atoms with Crippen molar-refractivity contribution >= 4 is 10.9 Å². The summed E-state index contributed by atoms with van der Waals surface area (Å²) in [4.78, 5) is 14.2. The van der Waals surface area contributed by atoms with Crippen molar-refractivity contribution in [3.8, 4) is 0 Å². The van der Waals surface area contributed by atoms with Crippen LogP contribution in [0.25, 0.3) is 10.9 Å². The van der Waals surface area contributed by atoms with Crippen LogP contribution >= 0.6 is 0 Å². The molecule has 0 bridgehead atoms. The van der Waals surface area contributed by atoms with E-state index in [4.69, 9.17) is 0 Å². The Hall–Kier alpha value is -1.85. The Labute approximate surface area is 74.8 Å². The second kappa shape index (κ2) is 2.83. The minimum atomic E-state index is -1.66. The van der Waals surface area contributed by atoms with E-state index in [1.807, 2.05) is 0 Å². The predicted molar refractivity (Wildman–Crippen MR) is 40.2 cm³/mol. The molecule has 1 aromatic carbocycles. The van der Waals surface area contributed by atoms with E-state index in [1.54, 1.807) is 0 Å². The van der Waals surface area contributed by atoms with Gasteiger partial charge >= 0.3 is 5.63 Å². The molecular formula is C8H2F3NO2. The third-order valence-electron chi connectivity index (χ3n) is 1.70. The minimum Gasteiger partial charge on any atom is -0.411 e. The topological polar surface area (TPSA) is 43.1 Å². The molecule has 0 amide bonds. The van der Waals surface area contributed by atoms with Crippen LogP contribution in [0, 0.1) is 17.5 Å². The Morgan fingerprint density at radius 3 is 2.64 bits per heavy atom. The monoisotopic (exact) mass is 201 g/mol. The number of rotatable bonds is 0. The lowest BCUT2D eigenvalue weighted by Crippen LogP contribution is -2.04. The molecule has 0 spiro atoms. The third-order valence-corrected chi connectivity index (χ3v) is 1.70. The molecule has 72 valence electrons. The van der Waals surface area contributed by atoms with Crippen LogP contribution in [0.4, 0.5) is 13.2 Å². The molecule has 6 heteroatoms. The maximum atomic E-state index is 13.0. The summed E-state index contributed by atoms with van der Waals surface area (Å²) >= 11 is 0. The van der Waals surface area contributed by atoms with Gasteiger partial charge in [0.2, 0.25) is 0 Å². The van der Waals surface area contributed by atoms with Crippen LogP contribution in [0.3, 0.4) is 0 Å². The fraction of sp³-hybridized carbons (Fsp3) is 0. The summed E-state index contributed by atoms with van der Waals surface area (Å²) in [5.41, 5.74) is -1.51. The van der Waals surface area contributed by atoms with E-state index < -0.39 is 34.0 Å². The molecule has 0 aliphatic heterocycles. The number of nitrogens with zero attached hydrogens (tertiary/aromatic N) is 1. The second-order valence-electron chi connectivity index (χ2n) is 2.52. The van der Waals surface area contributed by atoms with E-state index in [-0.39, 0.29) is 0 Å². The van der Waals surface area contributed by atoms with Crippen LogP contribution in [-0.4, -0.2) is 4.98 Å². The highest BCUT2D eigenvalue weighted by atomic mass is 19.2. The number of aromatic nitrogens is 1. The van der Waals surface area contributed by atoms with Crippen molar-refractivity contribution in [3.05, 3.63) is 40.3 Å². The molecule has 1 aromatic heterocycles. The van der Waals surface area contributed by atoms with Crippen molar-refractivity contribution < 1.29 is 17.6 Å². The van der Waals surface area contributed by atoms with Gasteiger partial charge in [-0.1, -0.05) is 0 Å². The average Bonchev–Trinajstić information content (AvgIpc) is 2.17. The first-order valence-corrected chi connectivity index (χ1v) is 3.52. The van der Waals surface area contributed by atoms with E-state index >= 15 is 0 Å². The van der Waals surface area contributed by atoms with Gasteiger partial charge in [-0.3, -0.25) is 0 Å². The van der Waals surface area contributed by atoms with Gasteiger partial charge in [0.1, 0.15) is 5.52 Å². The molecule has 0 radical (unpaired) electrons. The third kappa shape index (κ3) is 1.07. The summed E-state index contributed by atoms with van der Waals surface area (Å²) in [7, 11) is 0. The predicted octanol–water partition coefficient (Wildman–Crippen LogP) is 1.61. The standard InChI is InChI=1S/C8H2F3NO2/c9-4-1-3-7(6(11)5(4)10)12-2-14-8(3)13/h1-2H. The molecule has 0 fully saturated rings. The summed E-state index contributed by atoms with van der Waals surface area (Å²) in [5.74, 6) is -4.60. The first-order chi connectivity index (χ1) is 6.61. The van der Waals surface area contributed by atoms with Gasteiger partial charge in [0.15, 0.2) is 23.8 Å². The molecule has 2 aromatic rings. The Kier molecular flexibility index (Phi) is 1.77. The molecule has 0 saturated carbocycles. The molecular weight excluding hydrogens is 199 g/mol. The maximum Gasteiger partial charge on any atom is 0.346 e. The van der Waals surface area contributed by atoms with Crippen molar-refractivity contribution in [1.82, 2.24) is 4.98 Å². The summed E-state index contributed by atoms with van der Waals surface area (Å²) in [6, 6.07) is 0.548. The van der Waals surface area contributed by atoms with Gasteiger partial charge in [0.25, 0.3) is 0 Å². The fourth-order valence-corrected chi connectivity index (χ4v) is 1.06. The van der Waals surface area contributed by atoms with Gasteiger partial charge in [-0.25, -0.2) is 22.9 Å². The Morgan fingerprint density at radius 1 is 1.21 bits per heavy atom. The van der Waals surface area contributed by atoms with Crippen LogP contribution < -0.4 is 5.63 Å². The Morgan fingerprint density at radius 2 is 1.93 bits per heavy atom. The van der Waals surface area contributed by atoms with Crippen LogP contribution in [0.15, 0.2) is 21.7 Å². The zero-order valence-corrected chi connectivity index (χ0v) is 6.55. The normalized spacial score (nSPS) is 10.8. The van der Waals surface area contributed by atoms with Gasteiger partial charge in [-0.05, 0) is 6.07 Å². The summed E-state index contributed by atoms with van der Waals surface area (Å²) < 4.78 is 42.6. The van der Waals surface area contributed by atoms with Crippen molar-refractivity contribution in [2.45, 2.75) is 0 Å². The van der Waals surface area contributed by atoms with E-state index in [1.165, 1.54) is 0 Å². The van der Waals surface area contributed by atoms with Crippen LogP contribution in [0.1, 0.15) is 0 Å². The zero-order valence-electron chi connectivity index (χ0n) is 6.55. The SMILES string of the molecule is O=c1ocnc2c(F)c(F)c(F)cc12. The van der Waals surface area contributed by atoms with Gasteiger partial charge in [-0.2, -0.15) is 0 Å². The molecule has 1 heterocycles. The molecule has 14 heavy (non-hydrogen) atoms. The van der Waals surface area contributed by atoms with E-state index in [9.17, 15) is 18.0 Å². The second-order valence-corrected chi connectivity index (χ2v) is 2.52. The number of halogens is 3. The molecule has 0 atom stereocenters. The van der Waals surface area contributed by atoms with E-state index in [0.29, 0.717) is 12.5 Å². The largest absolute Gasteiger partial charge is 0.411 e. The Bertz CT molecular complexity index is 564. The van der Waals surface area contributed by atoms with Gasteiger partial charge < -0.3 is 4.42 Å². The quantitative estimate of drug-likeness (QED) is 0.608. The van der Waals surface area contributed by atoms with Crippen molar-refractivity contribution in [1.29, 1.82) is 0 Å². The lowest BCUT2D eigenvalue weighted by Gasteiger charge is -1.98. The summed E-state index contributed by atoms with van der Waals surface area (Å²) in [6.45, 7) is 0. The van der Waals surface area contributed by atoms with Gasteiger partial charge in [0, 0.05) is 0 Å². The average molecular weight is 201 g/mol. The first kappa shape index (κ1) is 8.74. The summed E-state index contributed by atoms with van der Waals surface area (Å²) in [6.07, 6.45) is 0.672. The first-order valence-electron chi connectivity index (χ1n) is 3.52. The molecule has 2 rings (SSSR count). The number of hydrogen-bond donors (Lipinski definition) is 0. The summed E-state index contributed by atoms with van der Waals surface area (Å²) in [5, 5.41) is -0.427. The van der Waals surface area contributed by atoms with Crippen molar-refractivity contribution in [2.75, 3.05) is 0 Å². The van der Waals surface area contributed by atoms with Crippen LogP contribution in [-0.2, 0) is 0 Å². The molecule has 3 nitrogen and oxygen atoms in total. The van der Waals surface area contributed by atoms with Crippen molar-refractivity contribution in [3.63, 3.8) is 0 Å². The van der Waals surface area contributed by atoms with Crippen LogP contribution in [0.2, 0.25) is 0 Å². The molecule has 0 aliphatic rings. The van der Waals surface area contributed by atoms with Crippen molar-refractivity contribution in [2.24, 2.45) is 0 Å². The highest BCUT2D eigenvalue weighted by Gasteiger charge is 2.16. The maximum absolute atomic E-state index is 13.0. The number of fused-ring (bicyclic) bond motifs is 1. The molecule has 0 aliphatic carbocycles. The number of hydrogen-bond acceptors (Lipinski definition) is 3. The highest BCUT2D eigenvalue weighted by Crippen LogP contribution is 2.18. The van der Waals surface area contributed by atoms with Gasteiger partial charge in [-0.15, -0.1) is 0 Å². The zero-order chi connectivity index (χ0) is 10.3. The van der Waals surface area contributed by atoms with E-state index in [0.717, 1.165) is 0 Å². The van der Waals surface area contributed by atoms with Gasteiger partial charge in [0.05, 0.1) is 5.39 Å². The lowest BCUT2D eigenvalue weighted by molar-refractivity contribution is 0.447. The molecule has 0 saturated heterocycles. The number of benzene rings is 1. The Balaban J connectivity index is 3.06. The molecule has 0 N–H and O–H groups in total. The highest BCUT2D eigenvalue weighted by molar-refractivity contribution is 5.77. The fourth-order valence-electron chi connectivity index (χ4n) is 1.06. The minimum absolute atomic E-state index is 0.427. The molecule has 0 unspecified atom stereocenters. The van der Waals surface area contributed by atoms with E-state index in [2.05, 4.69) is 9.40 Å². The van der Waals surface area contributed by atoms with Crippen LogP contribution in [0.5, 0.6) is 0 Å². The lowest BCUT2D eigenvalue weighted by atomic mass is 10.2. The smallest absolute Gasteiger partial charge is 0.346 e.